The zero-order chi connectivity index (χ0) is 15.7. The lowest BCUT2D eigenvalue weighted by Crippen LogP contribution is -2.32. The normalized spacial score (nSPS) is 18.1. The van der Waals surface area contributed by atoms with E-state index in [1.54, 1.807) is 0 Å². The average molecular weight is 331 g/mol. The number of anilines is 1. The molecule has 0 aliphatic carbocycles. The second kappa shape index (κ2) is 6.15. The summed E-state index contributed by atoms with van der Waals surface area (Å²) in [7, 11) is 0. The van der Waals surface area contributed by atoms with Crippen molar-refractivity contribution in [2.45, 2.75) is 18.6 Å². The Labute approximate surface area is 138 Å². The lowest BCUT2D eigenvalue weighted by Gasteiger charge is -2.15. The first-order chi connectivity index (χ1) is 10.5. The zero-order valence-electron chi connectivity index (χ0n) is 12.0. The van der Waals surface area contributed by atoms with E-state index in [2.05, 4.69) is 0 Å². The van der Waals surface area contributed by atoms with Gasteiger partial charge >= 0.3 is 0 Å². The van der Waals surface area contributed by atoms with E-state index >= 15 is 0 Å². The molecule has 0 unspecified atom stereocenters. The Bertz CT molecular complexity index is 712. The number of carbonyl (C=O) groups excluding carboxylic acids is 1. The first-order valence-electron chi connectivity index (χ1n) is 6.95. The van der Waals surface area contributed by atoms with Gasteiger partial charge < -0.3 is 0 Å². The smallest absolute Gasteiger partial charge is 0.247 e. The Balaban J connectivity index is 1.79. The maximum atomic E-state index is 12.6. The minimum absolute atomic E-state index is 0.0335. The van der Waals surface area contributed by atoms with Gasteiger partial charge in [0, 0.05) is 5.02 Å². The molecular formula is C17H15ClN2OS. The first-order valence-corrected chi connectivity index (χ1v) is 8.20. The zero-order valence-corrected chi connectivity index (χ0v) is 13.6. The first kappa shape index (κ1) is 15.1. The number of thioether (sulfide) groups is 1. The number of hydrogen-bond acceptors (Lipinski definition) is 3. The van der Waals surface area contributed by atoms with Crippen LogP contribution in [0.5, 0.6) is 0 Å². The van der Waals surface area contributed by atoms with Gasteiger partial charge in [-0.2, -0.15) is 0 Å². The molecule has 1 N–H and O–H groups in total. The van der Waals surface area contributed by atoms with E-state index in [4.69, 9.17) is 17.0 Å². The molecule has 1 heterocycles. The summed E-state index contributed by atoms with van der Waals surface area (Å²) in [5, 5.41) is 8.82. The van der Waals surface area contributed by atoms with Gasteiger partial charge in [-0.05, 0) is 43.2 Å². The Kier molecular flexibility index (Phi) is 4.23. The molecule has 1 amide bonds. The van der Waals surface area contributed by atoms with Gasteiger partial charge in [-0.1, -0.05) is 53.2 Å². The fraction of sp³-hybridized carbons (Fsp3) is 0.176. The van der Waals surface area contributed by atoms with Gasteiger partial charge in [0.25, 0.3) is 0 Å². The number of hydrogen-bond donors (Lipinski definition) is 1. The summed E-state index contributed by atoms with van der Waals surface area (Å²) >= 11 is 7.19. The SMILES string of the molecule is Cc1ccc(N2C(=N)S[C@@H](Cc3ccc(Cl)cc3)C2=O)cc1. The van der Waals surface area contributed by atoms with Crippen molar-refractivity contribution in [3.05, 3.63) is 64.7 Å². The van der Waals surface area contributed by atoms with E-state index in [0.717, 1.165) is 16.8 Å². The van der Waals surface area contributed by atoms with Crippen LogP contribution in [0.15, 0.2) is 48.5 Å². The Hall–Kier alpha value is -1.78. The summed E-state index contributed by atoms with van der Waals surface area (Å²) in [4.78, 5) is 14.1. The van der Waals surface area contributed by atoms with Crippen LogP contribution >= 0.6 is 23.4 Å². The van der Waals surface area contributed by atoms with Gasteiger partial charge in [0.2, 0.25) is 5.91 Å². The number of amidine groups is 1. The van der Waals surface area contributed by atoms with Crippen LogP contribution in [0.4, 0.5) is 5.69 Å². The van der Waals surface area contributed by atoms with Crippen LogP contribution < -0.4 is 4.90 Å². The predicted octanol–water partition coefficient (Wildman–Crippen LogP) is 4.27. The van der Waals surface area contributed by atoms with E-state index in [9.17, 15) is 4.79 Å². The highest BCUT2D eigenvalue weighted by Crippen LogP contribution is 2.33. The highest BCUT2D eigenvalue weighted by atomic mass is 35.5. The van der Waals surface area contributed by atoms with Crippen molar-refractivity contribution in [1.82, 2.24) is 0 Å². The minimum atomic E-state index is -0.255. The largest absolute Gasteiger partial charge is 0.278 e. The lowest BCUT2D eigenvalue weighted by molar-refractivity contribution is -0.116. The van der Waals surface area contributed by atoms with Gasteiger partial charge in [0.05, 0.1) is 10.9 Å². The van der Waals surface area contributed by atoms with Crippen molar-refractivity contribution in [3.63, 3.8) is 0 Å². The number of aryl methyl sites for hydroxylation is 1. The van der Waals surface area contributed by atoms with Gasteiger partial charge in [-0.15, -0.1) is 0 Å². The summed E-state index contributed by atoms with van der Waals surface area (Å²) in [5.41, 5.74) is 2.94. The summed E-state index contributed by atoms with van der Waals surface area (Å²) in [6.07, 6.45) is 0.603. The van der Waals surface area contributed by atoms with E-state index in [-0.39, 0.29) is 16.3 Å². The summed E-state index contributed by atoms with van der Waals surface area (Å²) in [6, 6.07) is 15.2. The molecule has 1 aliphatic rings. The highest BCUT2D eigenvalue weighted by molar-refractivity contribution is 8.16. The quantitative estimate of drug-likeness (QED) is 0.913. The molecule has 112 valence electrons. The molecule has 0 bridgehead atoms. The lowest BCUT2D eigenvalue weighted by atomic mass is 10.1. The van der Waals surface area contributed by atoms with Crippen LogP contribution in [-0.2, 0) is 11.2 Å². The molecule has 2 aromatic rings. The Morgan fingerprint density at radius 1 is 1.14 bits per heavy atom. The number of nitrogens with zero attached hydrogens (tertiary/aromatic N) is 1. The molecule has 1 atom stereocenters. The number of amides is 1. The van der Waals surface area contributed by atoms with Gasteiger partial charge in [-0.3, -0.25) is 15.1 Å². The van der Waals surface area contributed by atoms with Crippen molar-refractivity contribution in [1.29, 1.82) is 5.41 Å². The van der Waals surface area contributed by atoms with Crippen LogP contribution in [0.2, 0.25) is 5.02 Å². The molecule has 0 radical (unpaired) electrons. The molecule has 1 saturated heterocycles. The van der Waals surface area contributed by atoms with E-state index in [0.29, 0.717) is 11.4 Å². The van der Waals surface area contributed by atoms with Crippen molar-refractivity contribution >= 4 is 40.1 Å². The van der Waals surface area contributed by atoms with Crippen LogP contribution in [0.1, 0.15) is 11.1 Å². The Morgan fingerprint density at radius 2 is 1.77 bits per heavy atom. The second-order valence-electron chi connectivity index (χ2n) is 5.25. The third kappa shape index (κ3) is 3.03. The van der Waals surface area contributed by atoms with Crippen molar-refractivity contribution in [2.75, 3.05) is 4.90 Å². The number of nitrogens with one attached hydrogen (secondary N) is 1. The molecule has 22 heavy (non-hydrogen) atoms. The molecule has 1 aliphatic heterocycles. The van der Waals surface area contributed by atoms with Crippen molar-refractivity contribution < 1.29 is 4.79 Å². The molecule has 3 nitrogen and oxygen atoms in total. The van der Waals surface area contributed by atoms with Gasteiger partial charge in [0.15, 0.2) is 5.17 Å². The topological polar surface area (TPSA) is 44.2 Å². The molecule has 0 aromatic heterocycles. The number of rotatable bonds is 3. The van der Waals surface area contributed by atoms with E-state index in [1.807, 2.05) is 55.5 Å². The summed E-state index contributed by atoms with van der Waals surface area (Å²) < 4.78 is 0. The van der Waals surface area contributed by atoms with Crippen LogP contribution in [0.3, 0.4) is 0 Å². The minimum Gasteiger partial charge on any atom is -0.278 e. The number of benzene rings is 2. The molecule has 0 saturated carbocycles. The molecule has 0 spiro atoms. The number of carbonyl (C=O) groups is 1. The third-order valence-electron chi connectivity index (χ3n) is 3.58. The van der Waals surface area contributed by atoms with Crippen LogP contribution in [-0.4, -0.2) is 16.3 Å². The standard InChI is InChI=1S/C17H15ClN2OS/c1-11-2-8-14(9-3-11)20-16(21)15(22-17(20)19)10-12-4-6-13(18)7-5-12/h2-9,15,19H,10H2,1H3/t15-/m0/s1. The summed E-state index contributed by atoms with van der Waals surface area (Å²) in [6.45, 7) is 2.00. The molecule has 5 heteroatoms. The second-order valence-corrected chi connectivity index (χ2v) is 6.88. The fourth-order valence-electron chi connectivity index (χ4n) is 2.38. The predicted molar refractivity (Wildman–Crippen MR) is 92.9 cm³/mol. The Morgan fingerprint density at radius 3 is 2.41 bits per heavy atom. The fourth-order valence-corrected chi connectivity index (χ4v) is 3.56. The average Bonchev–Trinajstić information content (AvgIpc) is 2.77. The maximum Gasteiger partial charge on any atom is 0.247 e. The molecular weight excluding hydrogens is 316 g/mol. The third-order valence-corrected chi connectivity index (χ3v) is 4.89. The van der Waals surface area contributed by atoms with E-state index in [1.165, 1.54) is 16.7 Å². The van der Waals surface area contributed by atoms with Gasteiger partial charge in [0.1, 0.15) is 0 Å². The van der Waals surface area contributed by atoms with Crippen LogP contribution in [0.25, 0.3) is 0 Å². The number of halogens is 1. The monoisotopic (exact) mass is 330 g/mol. The maximum absolute atomic E-state index is 12.6. The van der Waals surface area contributed by atoms with Crippen LogP contribution in [0, 0.1) is 12.3 Å². The summed E-state index contributed by atoms with van der Waals surface area (Å²) in [5.74, 6) is -0.0335. The van der Waals surface area contributed by atoms with Gasteiger partial charge in [-0.25, -0.2) is 0 Å². The van der Waals surface area contributed by atoms with Crippen molar-refractivity contribution in [3.8, 4) is 0 Å². The molecule has 2 aromatic carbocycles. The van der Waals surface area contributed by atoms with E-state index < -0.39 is 0 Å². The molecule has 1 fully saturated rings. The van der Waals surface area contributed by atoms with Crippen molar-refractivity contribution in [2.24, 2.45) is 0 Å². The highest BCUT2D eigenvalue weighted by Gasteiger charge is 2.37. The molecule has 3 rings (SSSR count).